The van der Waals surface area contributed by atoms with E-state index in [9.17, 15) is 9.59 Å². The smallest absolute Gasteiger partial charge is 0.311 e. The molecular formula is C18H22O3. The van der Waals surface area contributed by atoms with Crippen molar-refractivity contribution in [2.75, 3.05) is 0 Å². The zero-order chi connectivity index (χ0) is 15.2. The van der Waals surface area contributed by atoms with E-state index in [4.69, 9.17) is 4.74 Å². The highest BCUT2D eigenvalue weighted by molar-refractivity contribution is 5.99. The van der Waals surface area contributed by atoms with Crippen molar-refractivity contribution in [3.8, 4) is 0 Å². The van der Waals surface area contributed by atoms with Crippen LogP contribution in [0.3, 0.4) is 0 Å². The predicted octanol–water partition coefficient (Wildman–Crippen LogP) is 4.14. The molecule has 0 saturated carbocycles. The lowest BCUT2D eigenvalue weighted by Gasteiger charge is -2.27. The molecule has 112 valence electrons. The molecule has 1 heterocycles. The highest BCUT2D eigenvalue weighted by Gasteiger charge is 2.33. The summed E-state index contributed by atoms with van der Waals surface area (Å²) in [5.41, 5.74) is 1.73. The number of rotatable bonds is 6. The first-order valence-electron chi connectivity index (χ1n) is 7.69. The van der Waals surface area contributed by atoms with Gasteiger partial charge in [-0.3, -0.25) is 9.59 Å². The Morgan fingerprint density at radius 1 is 1.19 bits per heavy atom. The van der Waals surface area contributed by atoms with Gasteiger partial charge in [-0.25, -0.2) is 0 Å². The van der Waals surface area contributed by atoms with Gasteiger partial charge < -0.3 is 4.74 Å². The van der Waals surface area contributed by atoms with Crippen LogP contribution in [0.5, 0.6) is 0 Å². The first-order valence-corrected chi connectivity index (χ1v) is 7.69. The minimum atomic E-state index is -0.236. The molecule has 2 rings (SSSR count). The third-order valence-corrected chi connectivity index (χ3v) is 3.71. The average molecular weight is 286 g/mol. The standard InChI is InChI=1S/C18H22O3/c1-3-8-15(19)18-14(13-10-6-5-7-11-13)12-17(20)21-16(18)9-4-2/h5-7,10-11,14H,3-4,8-9,12H2,1-2H3/t14-/m1/s1. The molecule has 0 saturated heterocycles. The van der Waals surface area contributed by atoms with E-state index in [1.54, 1.807) is 0 Å². The summed E-state index contributed by atoms with van der Waals surface area (Å²) in [5, 5.41) is 0. The Morgan fingerprint density at radius 3 is 2.52 bits per heavy atom. The van der Waals surface area contributed by atoms with Crippen molar-refractivity contribution in [2.24, 2.45) is 0 Å². The molecule has 0 amide bonds. The molecule has 0 unspecified atom stereocenters. The second-order valence-corrected chi connectivity index (χ2v) is 5.40. The molecule has 1 atom stereocenters. The fourth-order valence-electron chi connectivity index (χ4n) is 2.79. The van der Waals surface area contributed by atoms with Crippen molar-refractivity contribution >= 4 is 11.8 Å². The summed E-state index contributed by atoms with van der Waals surface area (Å²) < 4.78 is 5.38. The summed E-state index contributed by atoms with van der Waals surface area (Å²) in [7, 11) is 0. The van der Waals surface area contributed by atoms with Crippen molar-refractivity contribution in [1.29, 1.82) is 0 Å². The van der Waals surface area contributed by atoms with E-state index in [0.717, 1.165) is 18.4 Å². The molecule has 0 fully saturated rings. The Morgan fingerprint density at radius 2 is 1.90 bits per heavy atom. The molecule has 0 bridgehead atoms. The third kappa shape index (κ3) is 3.60. The Hall–Kier alpha value is -1.90. The molecule has 0 aromatic heterocycles. The molecule has 0 aliphatic carbocycles. The molecule has 1 aromatic rings. The molecule has 0 spiro atoms. The molecule has 1 aliphatic heterocycles. The van der Waals surface area contributed by atoms with Crippen molar-refractivity contribution in [3.05, 3.63) is 47.2 Å². The summed E-state index contributed by atoms with van der Waals surface area (Å²) in [6.07, 6.45) is 3.05. The normalized spacial score (nSPS) is 18.6. The van der Waals surface area contributed by atoms with Gasteiger partial charge in [-0.1, -0.05) is 44.2 Å². The van der Waals surface area contributed by atoms with Crippen LogP contribution in [0.1, 0.15) is 57.4 Å². The van der Waals surface area contributed by atoms with Gasteiger partial charge in [-0.05, 0) is 18.4 Å². The second kappa shape index (κ2) is 7.21. The third-order valence-electron chi connectivity index (χ3n) is 3.71. The number of hydrogen-bond acceptors (Lipinski definition) is 3. The van der Waals surface area contributed by atoms with Crippen LogP contribution in [0, 0.1) is 0 Å². The van der Waals surface area contributed by atoms with E-state index in [0.29, 0.717) is 24.2 Å². The zero-order valence-electron chi connectivity index (χ0n) is 12.7. The number of benzene rings is 1. The Labute approximate surface area is 126 Å². The lowest BCUT2D eigenvalue weighted by Crippen LogP contribution is -2.25. The fraction of sp³-hybridized carbons (Fsp3) is 0.444. The Kier molecular flexibility index (Phi) is 5.32. The lowest BCUT2D eigenvalue weighted by atomic mass is 9.82. The minimum absolute atomic E-state index is 0.113. The van der Waals surface area contributed by atoms with Crippen LogP contribution in [0.15, 0.2) is 41.7 Å². The molecule has 21 heavy (non-hydrogen) atoms. The van der Waals surface area contributed by atoms with Crippen molar-refractivity contribution in [1.82, 2.24) is 0 Å². The highest BCUT2D eigenvalue weighted by atomic mass is 16.5. The summed E-state index contributed by atoms with van der Waals surface area (Å²) in [4.78, 5) is 24.4. The van der Waals surface area contributed by atoms with Gasteiger partial charge in [0.1, 0.15) is 5.76 Å². The zero-order valence-corrected chi connectivity index (χ0v) is 12.7. The van der Waals surface area contributed by atoms with Gasteiger partial charge in [0.15, 0.2) is 5.78 Å². The van der Waals surface area contributed by atoms with E-state index in [1.807, 2.05) is 44.2 Å². The second-order valence-electron chi connectivity index (χ2n) is 5.40. The molecule has 0 N–H and O–H groups in total. The summed E-state index contributed by atoms with van der Waals surface area (Å²) in [6.45, 7) is 4.01. The number of carbonyl (C=O) groups is 2. The van der Waals surface area contributed by atoms with E-state index in [-0.39, 0.29) is 24.1 Å². The van der Waals surface area contributed by atoms with E-state index in [1.165, 1.54) is 0 Å². The molecule has 1 aliphatic rings. The van der Waals surface area contributed by atoms with Gasteiger partial charge in [0, 0.05) is 24.3 Å². The van der Waals surface area contributed by atoms with Gasteiger partial charge in [-0.2, -0.15) is 0 Å². The number of Topliss-reactive ketones (excluding diaryl/α,β-unsaturated/α-hetero) is 1. The van der Waals surface area contributed by atoms with Gasteiger partial charge in [-0.15, -0.1) is 0 Å². The predicted molar refractivity (Wildman–Crippen MR) is 81.7 cm³/mol. The maximum atomic E-state index is 12.5. The lowest BCUT2D eigenvalue weighted by molar-refractivity contribution is -0.141. The number of cyclic esters (lactones) is 1. The number of esters is 1. The van der Waals surface area contributed by atoms with Crippen LogP contribution in [0.4, 0.5) is 0 Å². The summed E-state index contributed by atoms with van der Waals surface area (Å²) >= 11 is 0. The Bertz CT molecular complexity index is 543. The fourth-order valence-corrected chi connectivity index (χ4v) is 2.79. The first kappa shape index (κ1) is 15.5. The maximum Gasteiger partial charge on any atom is 0.311 e. The number of carbonyl (C=O) groups excluding carboxylic acids is 2. The first-order chi connectivity index (χ1) is 10.2. The number of ether oxygens (including phenoxy) is 1. The van der Waals surface area contributed by atoms with Gasteiger partial charge in [0.05, 0.1) is 6.42 Å². The van der Waals surface area contributed by atoms with Crippen LogP contribution < -0.4 is 0 Å². The monoisotopic (exact) mass is 286 g/mol. The van der Waals surface area contributed by atoms with E-state index in [2.05, 4.69) is 0 Å². The van der Waals surface area contributed by atoms with Crippen LogP contribution in [-0.4, -0.2) is 11.8 Å². The highest BCUT2D eigenvalue weighted by Crippen LogP contribution is 2.37. The minimum Gasteiger partial charge on any atom is -0.431 e. The average Bonchev–Trinajstić information content (AvgIpc) is 2.48. The largest absolute Gasteiger partial charge is 0.431 e. The number of hydrogen-bond donors (Lipinski definition) is 0. The van der Waals surface area contributed by atoms with Gasteiger partial charge in [0.25, 0.3) is 0 Å². The van der Waals surface area contributed by atoms with Crippen LogP contribution in [0.2, 0.25) is 0 Å². The van der Waals surface area contributed by atoms with Crippen molar-refractivity contribution in [2.45, 2.75) is 51.9 Å². The van der Waals surface area contributed by atoms with E-state index < -0.39 is 0 Å². The van der Waals surface area contributed by atoms with Gasteiger partial charge >= 0.3 is 5.97 Å². The molecule has 0 radical (unpaired) electrons. The quantitative estimate of drug-likeness (QED) is 0.738. The van der Waals surface area contributed by atoms with E-state index >= 15 is 0 Å². The summed E-state index contributed by atoms with van der Waals surface area (Å²) in [6, 6.07) is 9.78. The SMILES string of the molecule is CCCC(=O)C1=C(CCC)OC(=O)C[C@@H]1c1ccccc1. The molecule has 3 heteroatoms. The molecule has 1 aromatic carbocycles. The van der Waals surface area contributed by atoms with Crippen molar-refractivity contribution in [3.63, 3.8) is 0 Å². The number of allylic oxidation sites excluding steroid dienone is 2. The van der Waals surface area contributed by atoms with Crippen LogP contribution >= 0.6 is 0 Å². The van der Waals surface area contributed by atoms with Gasteiger partial charge in [0.2, 0.25) is 0 Å². The number of ketones is 1. The summed E-state index contributed by atoms with van der Waals surface area (Å²) in [5.74, 6) is 0.303. The van der Waals surface area contributed by atoms with Crippen LogP contribution in [-0.2, 0) is 14.3 Å². The molecular weight excluding hydrogens is 264 g/mol. The molecule has 3 nitrogen and oxygen atoms in total. The van der Waals surface area contributed by atoms with Crippen molar-refractivity contribution < 1.29 is 14.3 Å². The maximum absolute atomic E-state index is 12.5. The topological polar surface area (TPSA) is 43.4 Å². The van der Waals surface area contributed by atoms with Crippen LogP contribution in [0.25, 0.3) is 0 Å². The Balaban J connectivity index is 2.46.